The maximum atomic E-state index is 10.9. The molecule has 0 aromatic heterocycles. The van der Waals surface area contributed by atoms with E-state index in [0.717, 1.165) is 12.0 Å². The van der Waals surface area contributed by atoms with Gasteiger partial charge in [-0.15, -0.1) is 0 Å². The molecule has 0 saturated carbocycles. The van der Waals surface area contributed by atoms with Crippen LogP contribution >= 0.6 is 0 Å². The molecule has 0 aliphatic rings. The highest BCUT2D eigenvalue weighted by atomic mass is 16.6. The number of non-ortho nitro benzene ring substituents is 1. The number of benzene rings is 1. The molecule has 6 nitrogen and oxygen atoms in total. The van der Waals surface area contributed by atoms with Crippen LogP contribution in [-0.4, -0.2) is 24.0 Å². The maximum Gasteiger partial charge on any atom is 0.305 e. The van der Waals surface area contributed by atoms with Crippen molar-refractivity contribution >= 4 is 11.7 Å². The SMILES string of the molecule is CCC(=O)OCCCNCc1cccc([N+](=O)[O-])c1. The highest BCUT2D eigenvalue weighted by molar-refractivity contribution is 5.68. The first-order valence-corrected chi connectivity index (χ1v) is 6.23. The number of rotatable bonds is 8. The fourth-order valence-corrected chi connectivity index (χ4v) is 1.50. The molecule has 0 heterocycles. The van der Waals surface area contributed by atoms with Gasteiger partial charge in [0.2, 0.25) is 0 Å². The monoisotopic (exact) mass is 266 g/mol. The minimum Gasteiger partial charge on any atom is -0.466 e. The molecular weight excluding hydrogens is 248 g/mol. The van der Waals surface area contributed by atoms with Crippen molar-refractivity contribution in [3.8, 4) is 0 Å². The lowest BCUT2D eigenvalue weighted by molar-refractivity contribution is -0.384. The summed E-state index contributed by atoms with van der Waals surface area (Å²) in [6.07, 6.45) is 1.11. The zero-order chi connectivity index (χ0) is 14.1. The molecule has 0 aliphatic carbocycles. The first kappa shape index (κ1) is 15.1. The van der Waals surface area contributed by atoms with Crippen LogP contribution in [0.4, 0.5) is 5.69 Å². The van der Waals surface area contributed by atoms with E-state index in [9.17, 15) is 14.9 Å². The molecule has 19 heavy (non-hydrogen) atoms. The molecule has 0 aliphatic heterocycles. The second-order valence-electron chi connectivity index (χ2n) is 4.03. The zero-order valence-corrected chi connectivity index (χ0v) is 10.9. The van der Waals surface area contributed by atoms with Crippen molar-refractivity contribution in [1.82, 2.24) is 5.32 Å². The Labute approximate surface area is 111 Å². The van der Waals surface area contributed by atoms with Gasteiger partial charge < -0.3 is 10.1 Å². The van der Waals surface area contributed by atoms with Gasteiger partial charge in [-0.05, 0) is 18.5 Å². The molecule has 0 radical (unpaired) electrons. The molecule has 0 atom stereocenters. The highest BCUT2D eigenvalue weighted by Gasteiger charge is 2.05. The lowest BCUT2D eigenvalue weighted by Gasteiger charge is -2.05. The Balaban J connectivity index is 2.21. The lowest BCUT2D eigenvalue weighted by atomic mass is 10.2. The zero-order valence-electron chi connectivity index (χ0n) is 10.9. The van der Waals surface area contributed by atoms with E-state index in [4.69, 9.17) is 4.74 Å². The third-order valence-corrected chi connectivity index (χ3v) is 2.50. The van der Waals surface area contributed by atoms with Crippen molar-refractivity contribution in [2.45, 2.75) is 26.3 Å². The smallest absolute Gasteiger partial charge is 0.305 e. The molecule has 0 unspecified atom stereocenters. The summed E-state index contributed by atoms with van der Waals surface area (Å²) in [5, 5.41) is 13.7. The van der Waals surface area contributed by atoms with Gasteiger partial charge in [0.15, 0.2) is 0 Å². The average Bonchev–Trinajstić information content (AvgIpc) is 2.42. The molecule has 1 aromatic rings. The van der Waals surface area contributed by atoms with E-state index in [0.29, 0.717) is 26.1 Å². The topological polar surface area (TPSA) is 81.5 Å². The van der Waals surface area contributed by atoms with Crippen LogP contribution in [0.25, 0.3) is 0 Å². The maximum absolute atomic E-state index is 10.9. The number of ether oxygens (including phenoxy) is 1. The molecule has 0 fully saturated rings. The number of nitrogens with zero attached hydrogens (tertiary/aromatic N) is 1. The number of nitrogens with one attached hydrogen (secondary N) is 1. The summed E-state index contributed by atoms with van der Waals surface area (Å²) in [7, 11) is 0. The first-order chi connectivity index (χ1) is 9.13. The quantitative estimate of drug-likeness (QED) is 0.337. The molecule has 0 saturated heterocycles. The van der Waals surface area contributed by atoms with Gasteiger partial charge in [-0.1, -0.05) is 19.1 Å². The number of carbonyl (C=O) groups is 1. The van der Waals surface area contributed by atoms with E-state index in [1.54, 1.807) is 19.1 Å². The Morgan fingerprint density at radius 2 is 2.26 bits per heavy atom. The molecule has 1 aromatic carbocycles. The molecule has 1 N–H and O–H groups in total. The van der Waals surface area contributed by atoms with E-state index < -0.39 is 4.92 Å². The predicted octanol–water partition coefficient (Wildman–Crippen LogP) is 2.03. The van der Waals surface area contributed by atoms with Gasteiger partial charge in [-0.3, -0.25) is 14.9 Å². The summed E-state index contributed by atoms with van der Waals surface area (Å²) in [6.45, 7) is 3.40. The van der Waals surface area contributed by atoms with Gasteiger partial charge in [0.1, 0.15) is 0 Å². The molecule has 0 amide bonds. The Morgan fingerprint density at radius 3 is 2.95 bits per heavy atom. The summed E-state index contributed by atoms with van der Waals surface area (Å²) in [5.74, 6) is -0.196. The van der Waals surface area contributed by atoms with E-state index in [1.165, 1.54) is 6.07 Å². The predicted molar refractivity (Wildman–Crippen MR) is 70.7 cm³/mol. The second kappa shape index (κ2) is 8.20. The average molecular weight is 266 g/mol. The van der Waals surface area contributed by atoms with Crippen LogP contribution < -0.4 is 5.32 Å². The first-order valence-electron chi connectivity index (χ1n) is 6.23. The minimum absolute atomic E-state index is 0.0937. The number of esters is 1. The third-order valence-electron chi connectivity index (χ3n) is 2.50. The van der Waals surface area contributed by atoms with E-state index in [2.05, 4.69) is 5.32 Å². The Hall–Kier alpha value is -1.95. The summed E-state index contributed by atoms with van der Waals surface area (Å²) in [6, 6.07) is 6.51. The Morgan fingerprint density at radius 1 is 1.47 bits per heavy atom. The number of hydrogen-bond acceptors (Lipinski definition) is 5. The second-order valence-corrected chi connectivity index (χ2v) is 4.03. The normalized spacial score (nSPS) is 10.2. The van der Waals surface area contributed by atoms with Crippen LogP contribution in [0.5, 0.6) is 0 Å². The summed E-state index contributed by atoms with van der Waals surface area (Å²) in [5.41, 5.74) is 0.955. The highest BCUT2D eigenvalue weighted by Crippen LogP contribution is 2.12. The van der Waals surface area contributed by atoms with Gasteiger partial charge in [-0.25, -0.2) is 0 Å². The van der Waals surface area contributed by atoms with E-state index >= 15 is 0 Å². The van der Waals surface area contributed by atoms with E-state index in [1.807, 2.05) is 6.07 Å². The van der Waals surface area contributed by atoms with E-state index in [-0.39, 0.29) is 11.7 Å². The summed E-state index contributed by atoms with van der Waals surface area (Å²) < 4.78 is 4.93. The van der Waals surface area contributed by atoms with Crippen LogP contribution in [0, 0.1) is 10.1 Å². The van der Waals surface area contributed by atoms with Crippen molar-refractivity contribution in [2.24, 2.45) is 0 Å². The summed E-state index contributed by atoms with van der Waals surface area (Å²) >= 11 is 0. The minimum atomic E-state index is -0.409. The van der Waals surface area contributed by atoms with Crippen LogP contribution in [-0.2, 0) is 16.1 Å². The summed E-state index contributed by atoms with van der Waals surface area (Å²) in [4.78, 5) is 21.0. The van der Waals surface area contributed by atoms with Crippen molar-refractivity contribution < 1.29 is 14.5 Å². The fourth-order valence-electron chi connectivity index (χ4n) is 1.50. The van der Waals surface area contributed by atoms with Gasteiger partial charge in [0, 0.05) is 25.1 Å². The van der Waals surface area contributed by atoms with Gasteiger partial charge in [0.05, 0.1) is 11.5 Å². The van der Waals surface area contributed by atoms with Gasteiger partial charge in [-0.2, -0.15) is 0 Å². The van der Waals surface area contributed by atoms with Gasteiger partial charge in [0.25, 0.3) is 5.69 Å². The molecule has 0 bridgehead atoms. The van der Waals surface area contributed by atoms with Crippen molar-refractivity contribution in [2.75, 3.05) is 13.2 Å². The number of hydrogen-bond donors (Lipinski definition) is 1. The van der Waals surface area contributed by atoms with Crippen molar-refractivity contribution in [3.05, 3.63) is 39.9 Å². The lowest BCUT2D eigenvalue weighted by Crippen LogP contribution is -2.17. The molecular formula is C13H18N2O4. The standard InChI is InChI=1S/C13H18N2O4/c1-2-13(16)19-8-4-7-14-10-11-5-3-6-12(9-11)15(17)18/h3,5-6,9,14H,2,4,7-8,10H2,1H3. The molecule has 104 valence electrons. The Bertz CT molecular complexity index is 434. The van der Waals surface area contributed by atoms with Crippen LogP contribution in [0.15, 0.2) is 24.3 Å². The largest absolute Gasteiger partial charge is 0.466 e. The number of carbonyl (C=O) groups excluding carboxylic acids is 1. The van der Waals surface area contributed by atoms with Gasteiger partial charge >= 0.3 is 5.97 Å². The van der Waals surface area contributed by atoms with Crippen molar-refractivity contribution in [3.63, 3.8) is 0 Å². The van der Waals surface area contributed by atoms with Crippen LogP contribution in [0.2, 0.25) is 0 Å². The molecule has 0 spiro atoms. The Kier molecular flexibility index (Phi) is 6.52. The fraction of sp³-hybridized carbons (Fsp3) is 0.462. The molecule has 6 heteroatoms. The van der Waals surface area contributed by atoms with Crippen LogP contribution in [0.1, 0.15) is 25.3 Å². The van der Waals surface area contributed by atoms with Crippen molar-refractivity contribution in [1.29, 1.82) is 0 Å². The number of nitro benzene ring substituents is 1. The third kappa shape index (κ3) is 5.96. The molecule has 1 rings (SSSR count). The number of nitro groups is 1. The van der Waals surface area contributed by atoms with Crippen LogP contribution in [0.3, 0.4) is 0 Å².